The number of carboxylic acids is 1. The van der Waals surface area contributed by atoms with E-state index in [1.165, 1.54) is 4.31 Å². The van der Waals surface area contributed by atoms with Gasteiger partial charge in [0.15, 0.2) is 0 Å². The molecule has 20 heavy (non-hydrogen) atoms. The zero-order chi connectivity index (χ0) is 15.3. The van der Waals surface area contributed by atoms with Gasteiger partial charge in [0.2, 0.25) is 0 Å². The van der Waals surface area contributed by atoms with Gasteiger partial charge >= 0.3 is 5.97 Å². The molecule has 1 rings (SSSR count). The molecule has 0 bridgehead atoms. The SMILES string of the molecule is CCC(CC)C(C)NS(=O)(=O)N1CCC(C(=O)O)CC1. The topological polar surface area (TPSA) is 86.7 Å². The molecule has 1 aliphatic rings. The normalized spacial score (nSPS) is 20.2. The number of aliphatic carboxylic acids is 1. The fourth-order valence-corrected chi connectivity index (χ4v) is 4.25. The van der Waals surface area contributed by atoms with Crippen LogP contribution in [-0.4, -0.2) is 42.9 Å². The van der Waals surface area contributed by atoms with E-state index in [0.717, 1.165) is 12.8 Å². The van der Waals surface area contributed by atoms with Crippen LogP contribution in [0.5, 0.6) is 0 Å². The molecule has 118 valence electrons. The number of carbonyl (C=O) groups is 1. The van der Waals surface area contributed by atoms with Gasteiger partial charge in [-0.05, 0) is 25.7 Å². The van der Waals surface area contributed by atoms with Crippen LogP contribution in [0.15, 0.2) is 0 Å². The van der Waals surface area contributed by atoms with E-state index in [1.54, 1.807) is 0 Å². The van der Waals surface area contributed by atoms with Crippen LogP contribution in [0.25, 0.3) is 0 Å². The lowest BCUT2D eigenvalue weighted by Crippen LogP contribution is -2.49. The maximum Gasteiger partial charge on any atom is 0.306 e. The van der Waals surface area contributed by atoms with Crippen molar-refractivity contribution in [2.45, 2.75) is 52.5 Å². The van der Waals surface area contributed by atoms with Crippen LogP contribution in [0.4, 0.5) is 0 Å². The molecule has 0 radical (unpaired) electrons. The van der Waals surface area contributed by atoms with Gasteiger partial charge in [-0.3, -0.25) is 4.79 Å². The number of nitrogens with zero attached hydrogens (tertiary/aromatic N) is 1. The molecule has 6 nitrogen and oxygen atoms in total. The third-order valence-electron chi connectivity index (χ3n) is 4.23. The Labute approximate surface area is 121 Å². The van der Waals surface area contributed by atoms with Crippen molar-refractivity contribution < 1.29 is 18.3 Å². The van der Waals surface area contributed by atoms with Crippen LogP contribution in [0, 0.1) is 11.8 Å². The second-order valence-corrected chi connectivity index (χ2v) is 7.20. The molecule has 2 N–H and O–H groups in total. The van der Waals surface area contributed by atoms with Crippen molar-refractivity contribution in [1.29, 1.82) is 0 Å². The molecule has 1 atom stereocenters. The lowest BCUT2D eigenvalue weighted by Gasteiger charge is -2.31. The highest BCUT2D eigenvalue weighted by atomic mass is 32.2. The number of piperidine rings is 1. The molecular formula is C13H26N2O4S. The minimum atomic E-state index is -3.51. The van der Waals surface area contributed by atoms with Crippen molar-refractivity contribution in [2.75, 3.05) is 13.1 Å². The lowest BCUT2D eigenvalue weighted by atomic mass is 9.96. The highest BCUT2D eigenvalue weighted by molar-refractivity contribution is 7.87. The van der Waals surface area contributed by atoms with Gasteiger partial charge in [0.25, 0.3) is 10.2 Å². The minimum absolute atomic E-state index is 0.104. The predicted octanol–water partition coefficient (Wildman–Crippen LogP) is 1.44. The summed E-state index contributed by atoms with van der Waals surface area (Å²) in [6.07, 6.45) is 2.63. The largest absolute Gasteiger partial charge is 0.481 e. The van der Waals surface area contributed by atoms with Crippen LogP contribution < -0.4 is 4.72 Å². The summed E-state index contributed by atoms with van der Waals surface area (Å²) in [6, 6.07) is -0.104. The number of hydrogen-bond donors (Lipinski definition) is 2. The highest BCUT2D eigenvalue weighted by Gasteiger charge is 2.32. The van der Waals surface area contributed by atoms with E-state index >= 15 is 0 Å². The molecule has 0 amide bonds. The van der Waals surface area contributed by atoms with Gasteiger partial charge in [-0.2, -0.15) is 17.4 Å². The highest BCUT2D eigenvalue weighted by Crippen LogP contribution is 2.20. The summed E-state index contributed by atoms with van der Waals surface area (Å²) in [6.45, 7) is 6.55. The van der Waals surface area contributed by atoms with Crippen molar-refractivity contribution in [1.82, 2.24) is 9.03 Å². The summed E-state index contributed by atoms with van der Waals surface area (Å²) < 4.78 is 28.6. The van der Waals surface area contributed by atoms with E-state index in [-0.39, 0.29) is 19.1 Å². The zero-order valence-electron chi connectivity index (χ0n) is 12.5. The molecule has 1 unspecified atom stereocenters. The first-order chi connectivity index (χ1) is 9.31. The first-order valence-electron chi connectivity index (χ1n) is 7.32. The third kappa shape index (κ3) is 4.43. The van der Waals surface area contributed by atoms with Gasteiger partial charge < -0.3 is 5.11 Å². The molecule has 0 spiro atoms. The molecule has 0 aromatic carbocycles. The Bertz CT molecular complexity index is 412. The fraction of sp³-hybridized carbons (Fsp3) is 0.923. The van der Waals surface area contributed by atoms with Gasteiger partial charge in [0, 0.05) is 19.1 Å². The van der Waals surface area contributed by atoms with E-state index < -0.39 is 22.1 Å². The van der Waals surface area contributed by atoms with E-state index in [9.17, 15) is 13.2 Å². The van der Waals surface area contributed by atoms with Crippen molar-refractivity contribution in [3.05, 3.63) is 0 Å². The van der Waals surface area contributed by atoms with Gasteiger partial charge in [-0.1, -0.05) is 26.7 Å². The Hall–Kier alpha value is -0.660. The smallest absolute Gasteiger partial charge is 0.306 e. The standard InChI is InChI=1S/C13H26N2O4S/c1-4-11(5-2)10(3)14-20(18,19)15-8-6-12(7-9-15)13(16)17/h10-12,14H,4-9H2,1-3H3,(H,16,17). The van der Waals surface area contributed by atoms with Crippen molar-refractivity contribution in [3.8, 4) is 0 Å². The van der Waals surface area contributed by atoms with E-state index in [0.29, 0.717) is 18.8 Å². The summed E-state index contributed by atoms with van der Waals surface area (Å²) in [7, 11) is -3.51. The molecule has 1 fully saturated rings. The molecule has 0 aromatic heterocycles. The number of carboxylic acid groups (broad SMARTS) is 1. The Balaban J connectivity index is 2.60. The lowest BCUT2D eigenvalue weighted by molar-refractivity contribution is -0.142. The Morgan fingerprint density at radius 3 is 2.20 bits per heavy atom. The molecule has 1 aliphatic heterocycles. The summed E-state index contributed by atoms with van der Waals surface area (Å²) >= 11 is 0. The first-order valence-corrected chi connectivity index (χ1v) is 8.76. The van der Waals surface area contributed by atoms with Crippen LogP contribution >= 0.6 is 0 Å². The van der Waals surface area contributed by atoms with Crippen LogP contribution in [-0.2, 0) is 15.0 Å². The monoisotopic (exact) mass is 306 g/mol. The second kappa shape index (κ2) is 7.38. The van der Waals surface area contributed by atoms with Crippen molar-refractivity contribution >= 4 is 16.2 Å². The first kappa shape index (κ1) is 17.4. The molecule has 0 saturated carbocycles. The minimum Gasteiger partial charge on any atom is -0.481 e. The Kier molecular flexibility index (Phi) is 6.42. The maximum atomic E-state index is 12.3. The second-order valence-electron chi connectivity index (χ2n) is 5.50. The van der Waals surface area contributed by atoms with E-state index in [2.05, 4.69) is 18.6 Å². The van der Waals surface area contributed by atoms with Crippen molar-refractivity contribution in [2.24, 2.45) is 11.8 Å². The van der Waals surface area contributed by atoms with Crippen LogP contribution in [0.1, 0.15) is 46.5 Å². The maximum absolute atomic E-state index is 12.3. The fourth-order valence-electron chi connectivity index (χ4n) is 2.74. The van der Waals surface area contributed by atoms with Crippen molar-refractivity contribution in [3.63, 3.8) is 0 Å². The average Bonchev–Trinajstić information content (AvgIpc) is 2.39. The van der Waals surface area contributed by atoms with Gasteiger partial charge in [-0.15, -0.1) is 0 Å². The quantitative estimate of drug-likeness (QED) is 0.745. The molecule has 7 heteroatoms. The number of hydrogen-bond acceptors (Lipinski definition) is 3. The van der Waals surface area contributed by atoms with Gasteiger partial charge in [-0.25, -0.2) is 0 Å². The van der Waals surface area contributed by atoms with Crippen LogP contribution in [0.3, 0.4) is 0 Å². The summed E-state index contributed by atoms with van der Waals surface area (Å²) in [4.78, 5) is 10.9. The summed E-state index contributed by atoms with van der Waals surface area (Å²) in [5, 5.41) is 8.93. The Morgan fingerprint density at radius 2 is 1.80 bits per heavy atom. The van der Waals surface area contributed by atoms with Gasteiger partial charge in [0.1, 0.15) is 0 Å². The zero-order valence-corrected chi connectivity index (χ0v) is 13.3. The summed E-state index contributed by atoms with van der Waals surface area (Å²) in [5.41, 5.74) is 0. The Morgan fingerprint density at radius 1 is 1.30 bits per heavy atom. The van der Waals surface area contributed by atoms with Gasteiger partial charge in [0.05, 0.1) is 5.92 Å². The molecule has 1 heterocycles. The van der Waals surface area contributed by atoms with Crippen LogP contribution in [0.2, 0.25) is 0 Å². The predicted molar refractivity (Wildman–Crippen MR) is 77.5 cm³/mol. The summed E-state index contributed by atoms with van der Waals surface area (Å²) in [5.74, 6) is -0.931. The number of nitrogens with one attached hydrogen (secondary N) is 1. The average molecular weight is 306 g/mol. The van der Waals surface area contributed by atoms with E-state index in [4.69, 9.17) is 5.11 Å². The molecule has 0 aromatic rings. The third-order valence-corrected chi connectivity index (χ3v) is 5.95. The van der Waals surface area contributed by atoms with E-state index in [1.807, 2.05) is 6.92 Å². The molecule has 1 saturated heterocycles. The number of rotatable bonds is 7. The molecule has 0 aliphatic carbocycles. The molecular weight excluding hydrogens is 280 g/mol.